The van der Waals surface area contributed by atoms with Gasteiger partial charge in [-0.1, -0.05) is 12.1 Å². The fourth-order valence-corrected chi connectivity index (χ4v) is 1.72. The van der Waals surface area contributed by atoms with Gasteiger partial charge in [-0.05, 0) is 17.7 Å². The number of hydrogen-bond donors (Lipinski definition) is 1. The van der Waals surface area contributed by atoms with Gasteiger partial charge in [0, 0.05) is 39.0 Å². The van der Waals surface area contributed by atoms with Crippen LogP contribution in [-0.2, 0) is 20.0 Å². The molecule has 0 amide bonds. The third kappa shape index (κ3) is 3.39. The van der Waals surface area contributed by atoms with E-state index >= 15 is 0 Å². The van der Waals surface area contributed by atoms with E-state index in [1.165, 1.54) is 6.07 Å². The topological polar surface area (TPSA) is 29.9 Å². The van der Waals surface area contributed by atoms with E-state index in [1.807, 2.05) is 23.9 Å². The van der Waals surface area contributed by atoms with Crippen LogP contribution >= 0.6 is 0 Å². The summed E-state index contributed by atoms with van der Waals surface area (Å²) >= 11 is 0. The van der Waals surface area contributed by atoms with Crippen LogP contribution in [0.15, 0.2) is 36.7 Å². The Morgan fingerprint density at radius 1 is 1.41 bits per heavy atom. The molecule has 4 heteroatoms. The van der Waals surface area contributed by atoms with Gasteiger partial charge in [0.2, 0.25) is 0 Å². The second kappa shape index (κ2) is 5.59. The third-order valence-corrected chi connectivity index (χ3v) is 2.66. The van der Waals surface area contributed by atoms with Crippen LogP contribution in [0.1, 0.15) is 11.4 Å². The number of nitrogens with one attached hydrogen (secondary N) is 1. The van der Waals surface area contributed by atoms with Crippen molar-refractivity contribution in [2.45, 2.75) is 13.0 Å². The molecule has 0 bridgehead atoms. The Kier molecular flexibility index (Phi) is 3.88. The Labute approximate surface area is 100 Å². The molecule has 1 heterocycles. The van der Waals surface area contributed by atoms with E-state index in [0.29, 0.717) is 6.54 Å². The zero-order valence-corrected chi connectivity index (χ0v) is 9.86. The SMILES string of the molecule is Cn1ccnc1CCNCc1cccc(F)c1. The number of nitrogens with zero attached hydrogens (tertiary/aromatic N) is 2. The van der Waals surface area contributed by atoms with E-state index in [1.54, 1.807) is 18.3 Å². The molecule has 1 aromatic heterocycles. The molecule has 0 saturated heterocycles. The number of halogens is 1. The Morgan fingerprint density at radius 2 is 2.29 bits per heavy atom. The summed E-state index contributed by atoms with van der Waals surface area (Å²) in [6, 6.07) is 6.65. The second-order valence-corrected chi connectivity index (χ2v) is 4.01. The summed E-state index contributed by atoms with van der Waals surface area (Å²) in [4.78, 5) is 4.24. The maximum atomic E-state index is 12.9. The standard InChI is InChI=1S/C13H16FN3/c1-17-8-7-16-13(17)5-6-15-10-11-3-2-4-12(14)9-11/h2-4,7-9,15H,5-6,10H2,1H3. The lowest BCUT2D eigenvalue weighted by atomic mass is 10.2. The predicted octanol–water partition coefficient (Wildman–Crippen LogP) is 1.89. The van der Waals surface area contributed by atoms with Crippen molar-refractivity contribution in [3.63, 3.8) is 0 Å². The minimum absolute atomic E-state index is 0.187. The van der Waals surface area contributed by atoms with Crippen LogP contribution in [-0.4, -0.2) is 16.1 Å². The van der Waals surface area contributed by atoms with Gasteiger partial charge in [0.1, 0.15) is 11.6 Å². The van der Waals surface area contributed by atoms with E-state index in [9.17, 15) is 4.39 Å². The first kappa shape index (κ1) is 11.8. The summed E-state index contributed by atoms with van der Waals surface area (Å²) < 4.78 is 14.9. The summed E-state index contributed by atoms with van der Waals surface area (Å²) in [6.07, 6.45) is 4.60. The van der Waals surface area contributed by atoms with E-state index in [4.69, 9.17) is 0 Å². The smallest absolute Gasteiger partial charge is 0.123 e. The molecule has 0 aliphatic rings. The molecule has 0 atom stereocenters. The molecule has 2 rings (SSSR count). The van der Waals surface area contributed by atoms with Gasteiger partial charge in [-0.2, -0.15) is 0 Å². The van der Waals surface area contributed by atoms with E-state index in [2.05, 4.69) is 10.3 Å². The zero-order valence-electron chi connectivity index (χ0n) is 9.86. The fourth-order valence-electron chi connectivity index (χ4n) is 1.72. The molecule has 0 fully saturated rings. The molecule has 0 aliphatic carbocycles. The van der Waals surface area contributed by atoms with Crippen molar-refractivity contribution in [3.05, 3.63) is 53.9 Å². The van der Waals surface area contributed by atoms with E-state index in [0.717, 1.165) is 24.4 Å². The molecule has 0 unspecified atom stereocenters. The highest BCUT2D eigenvalue weighted by Gasteiger charge is 1.99. The van der Waals surface area contributed by atoms with Crippen molar-refractivity contribution in [3.8, 4) is 0 Å². The molecule has 0 aliphatic heterocycles. The highest BCUT2D eigenvalue weighted by molar-refractivity contribution is 5.15. The summed E-state index contributed by atoms with van der Waals surface area (Å²) in [5.74, 6) is 0.866. The van der Waals surface area contributed by atoms with Crippen molar-refractivity contribution in [2.24, 2.45) is 7.05 Å². The summed E-state index contributed by atoms with van der Waals surface area (Å²) in [5, 5.41) is 3.27. The maximum Gasteiger partial charge on any atom is 0.123 e. The van der Waals surface area contributed by atoms with Gasteiger partial charge in [-0.3, -0.25) is 0 Å². The fraction of sp³-hybridized carbons (Fsp3) is 0.308. The van der Waals surface area contributed by atoms with Gasteiger partial charge in [-0.25, -0.2) is 9.37 Å². The number of imidazole rings is 1. The van der Waals surface area contributed by atoms with E-state index < -0.39 is 0 Å². The van der Waals surface area contributed by atoms with Crippen LogP contribution in [0.4, 0.5) is 4.39 Å². The summed E-state index contributed by atoms with van der Waals surface area (Å²) in [7, 11) is 1.98. The van der Waals surface area contributed by atoms with Crippen LogP contribution in [0.25, 0.3) is 0 Å². The summed E-state index contributed by atoms with van der Waals surface area (Å²) in [6.45, 7) is 1.52. The normalized spacial score (nSPS) is 10.7. The third-order valence-electron chi connectivity index (χ3n) is 2.66. The highest BCUT2D eigenvalue weighted by Crippen LogP contribution is 2.02. The van der Waals surface area contributed by atoms with Gasteiger partial charge < -0.3 is 9.88 Å². The van der Waals surface area contributed by atoms with Crippen molar-refractivity contribution < 1.29 is 4.39 Å². The highest BCUT2D eigenvalue weighted by atomic mass is 19.1. The molecule has 3 nitrogen and oxygen atoms in total. The first-order chi connectivity index (χ1) is 8.25. The second-order valence-electron chi connectivity index (χ2n) is 4.01. The first-order valence-corrected chi connectivity index (χ1v) is 5.67. The molecular weight excluding hydrogens is 217 g/mol. The molecular formula is C13H16FN3. The lowest BCUT2D eigenvalue weighted by molar-refractivity contribution is 0.617. The molecule has 0 spiro atoms. The van der Waals surface area contributed by atoms with Gasteiger partial charge >= 0.3 is 0 Å². The number of rotatable bonds is 5. The Balaban J connectivity index is 1.75. The molecule has 90 valence electrons. The van der Waals surface area contributed by atoms with Crippen molar-refractivity contribution in [2.75, 3.05) is 6.54 Å². The minimum Gasteiger partial charge on any atom is -0.338 e. The average molecular weight is 233 g/mol. The number of aryl methyl sites for hydroxylation is 1. The molecule has 0 saturated carbocycles. The first-order valence-electron chi connectivity index (χ1n) is 5.67. The van der Waals surface area contributed by atoms with Crippen molar-refractivity contribution >= 4 is 0 Å². The number of aromatic nitrogens is 2. The maximum absolute atomic E-state index is 12.9. The quantitative estimate of drug-likeness (QED) is 0.799. The summed E-state index contributed by atoms with van der Waals surface area (Å²) in [5.41, 5.74) is 0.963. The van der Waals surface area contributed by atoms with Gasteiger partial charge in [0.25, 0.3) is 0 Å². The van der Waals surface area contributed by atoms with Gasteiger partial charge in [0.05, 0.1) is 0 Å². The molecule has 2 aromatic rings. The van der Waals surface area contributed by atoms with Crippen molar-refractivity contribution in [1.29, 1.82) is 0 Å². The number of benzene rings is 1. The molecule has 0 radical (unpaired) electrons. The minimum atomic E-state index is -0.187. The zero-order chi connectivity index (χ0) is 12.1. The van der Waals surface area contributed by atoms with Crippen LogP contribution in [0.5, 0.6) is 0 Å². The Hall–Kier alpha value is -1.68. The monoisotopic (exact) mass is 233 g/mol. The van der Waals surface area contributed by atoms with E-state index in [-0.39, 0.29) is 5.82 Å². The molecule has 17 heavy (non-hydrogen) atoms. The largest absolute Gasteiger partial charge is 0.338 e. The Morgan fingerprint density at radius 3 is 3.00 bits per heavy atom. The van der Waals surface area contributed by atoms with Crippen LogP contribution in [0.2, 0.25) is 0 Å². The van der Waals surface area contributed by atoms with Crippen LogP contribution < -0.4 is 5.32 Å². The van der Waals surface area contributed by atoms with Crippen LogP contribution in [0, 0.1) is 5.82 Å². The Bertz CT molecular complexity index is 479. The van der Waals surface area contributed by atoms with Crippen molar-refractivity contribution in [1.82, 2.24) is 14.9 Å². The molecule has 1 aromatic carbocycles. The van der Waals surface area contributed by atoms with Gasteiger partial charge in [-0.15, -0.1) is 0 Å². The lowest BCUT2D eigenvalue weighted by Crippen LogP contribution is -2.18. The number of hydrogen-bond acceptors (Lipinski definition) is 2. The lowest BCUT2D eigenvalue weighted by Gasteiger charge is -2.05. The average Bonchev–Trinajstić information content (AvgIpc) is 2.71. The predicted molar refractivity (Wildman–Crippen MR) is 65.0 cm³/mol. The van der Waals surface area contributed by atoms with Crippen LogP contribution in [0.3, 0.4) is 0 Å². The molecule has 1 N–H and O–H groups in total. The van der Waals surface area contributed by atoms with Gasteiger partial charge in [0.15, 0.2) is 0 Å².